The summed E-state index contributed by atoms with van der Waals surface area (Å²) in [4.78, 5) is 22.8. The van der Waals surface area contributed by atoms with E-state index in [0.717, 1.165) is 11.4 Å². The molecular weight excluding hydrogens is 274 g/mol. The van der Waals surface area contributed by atoms with E-state index in [1.807, 2.05) is 25.1 Å². The maximum atomic E-state index is 11.1. The van der Waals surface area contributed by atoms with E-state index in [2.05, 4.69) is 25.7 Å². The van der Waals surface area contributed by atoms with Crippen LogP contribution in [0.1, 0.15) is 17.1 Å². The molecule has 2 aromatic rings. The molecule has 4 N–H and O–H groups in total. The second-order valence-electron chi connectivity index (χ2n) is 4.36. The first-order valence-corrected chi connectivity index (χ1v) is 6.17. The third-order valence-corrected chi connectivity index (χ3v) is 2.75. The van der Waals surface area contributed by atoms with Gasteiger partial charge in [0.2, 0.25) is 11.8 Å². The van der Waals surface area contributed by atoms with Crippen molar-refractivity contribution in [2.24, 2.45) is 5.84 Å². The average molecular weight is 289 g/mol. The number of nitro groups is 1. The Kier molecular flexibility index (Phi) is 4.24. The van der Waals surface area contributed by atoms with Crippen LogP contribution in [-0.2, 0) is 6.54 Å². The fourth-order valence-corrected chi connectivity index (χ4v) is 1.85. The lowest BCUT2D eigenvalue weighted by Gasteiger charge is -2.09. The molecule has 2 rings (SSSR count). The van der Waals surface area contributed by atoms with Gasteiger partial charge in [-0.05, 0) is 26.0 Å². The van der Waals surface area contributed by atoms with Crippen molar-refractivity contribution < 1.29 is 4.92 Å². The summed E-state index contributed by atoms with van der Waals surface area (Å²) in [5.41, 5.74) is 3.95. The van der Waals surface area contributed by atoms with Crippen LogP contribution in [0.2, 0.25) is 0 Å². The first kappa shape index (κ1) is 14.6. The molecule has 0 aliphatic rings. The summed E-state index contributed by atoms with van der Waals surface area (Å²) in [6, 6.07) is 5.56. The summed E-state index contributed by atoms with van der Waals surface area (Å²) in [6.07, 6.45) is 0. The number of hydrogen-bond donors (Lipinski definition) is 3. The lowest BCUT2D eigenvalue weighted by atomic mass is 10.3. The van der Waals surface area contributed by atoms with E-state index in [1.165, 1.54) is 6.92 Å². The number of aryl methyl sites for hydroxylation is 2. The van der Waals surface area contributed by atoms with E-state index in [0.29, 0.717) is 6.54 Å². The van der Waals surface area contributed by atoms with Gasteiger partial charge in [0.25, 0.3) is 0 Å². The van der Waals surface area contributed by atoms with Crippen molar-refractivity contribution in [2.75, 3.05) is 10.7 Å². The molecule has 9 nitrogen and oxygen atoms in total. The molecule has 0 saturated carbocycles. The van der Waals surface area contributed by atoms with Gasteiger partial charge in [0.1, 0.15) is 5.69 Å². The fourth-order valence-electron chi connectivity index (χ4n) is 1.85. The highest BCUT2D eigenvalue weighted by molar-refractivity contribution is 5.60. The molecule has 0 radical (unpaired) electrons. The predicted octanol–water partition coefficient (Wildman–Crippen LogP) is 1.29. The molecule has 0 aromatic carbocycles. The molecule has 9 heteroatoms. The van der Waals surface area contributed by atoms with Gasteiger partial charge in [-0.1, -0.05) is 6.07 Å². The highest BCUT2D eigenvalue weighted by Gasteiger charge is 2.21. The SMILES string of the molecule is Cc1cccc(CNc2nc(NN)nc(C)c2[N+](=O)[O-])n1. The number of hydrogen-bond acceptors (Lipinski definition) is 8. The zero-order chi connectivity index (χ0) is 15.4. The number of nitrogens with two attached hydrogens (primary N) is 1. The number of hydrazine groups is 1. The van der Waals surface area contributed by atoms with Crippen molar-refractivity contribution in [3.05, 3.63) is 45.4 Å². The van der Waals surface area contributed by atoms with Crippen molar-refractivity contribution in [3.8, 4) is 0 Å². The largest absolute Gasteiger partial charge is 0.359 e. The Bertz CT molecular complexity index is 675. The summed E-state index contributed by atoms with van der Waals surface area (Å²) < 4.78 is 0. The Labute approximate surface area is 120 Å². The molecule has 0 fully saturated rings. The lowest BCUT2D eigenvalue weighted by Crippen LogP contribution is -2.15. The van der Waals surface area contributed by atoms with Crippen molar-refractivity contribution in [2.45, 2.75) is 20.4 Å². The van der Waals surface area contributed by atoms with Crippen molar-refractivity contribution in [3.63, 3.8) is 0 Å². The van der Waals surface area contributed by atoms with Crippen LogP contribution < -0.4 is 16.6 Å². The molecule has 2 heterocycles. The summed E-state index contributed by atoms with van der Waals surface area (Å²) in [5.74, 6) is 5.47. The molecule has 0 amide bonds. The number of anilines is 2. The number of aromatic nitrogens is 3. The maximum absolute atomic E-state index is 11.1. The molecule has 21 heavy (non-hydrogen) atoms. The second-order valence-corrected chi connectivity index (χ2v) is 4.36. The Balaban J connectivity index is 2.29. The number of nitrogen functional groups attached to an aromatic ring is 1. The Hall–Kier alpha value is -2.81. The topological polar surface area (TPSA) is 132 Å². The zero-order valence-electron chi connectivity index (χ0n) is 11.6. The molecule has 0 atom stereocenters. The monoisotopic (exact) mass is 289 g/mol. The smallest absolute Gasteiger partial charge is 0.332 e. The molecule has 0 aliphatic heterocycles. The Morgan fingerprint density at radius 2 is 2.05 bits per heavy atom. The summed E-state index contributed by atoms with van der Waals surface area (Å²) >= 11 is 0. The van der Waals surface area contributed by atoms with Gasteiger partial charge in [-0.25, -0.2) is 10.8 Å². The number of rotatable bonds is 5. The summed E-state index contributed by atoms with van der Waals surface area (Å²) in [7, 11) is 0. The summed E-state index contributed by atoms with van der Waals surface area (Å²) in [6.45, 7) is 3.71. The van der Waals surface area contributed by atoms with E-state index in [-0.39, 0.29) is 23.1 Å². The third-order valence-electron chi connectivity index (χ3n) is 2.75. The number of pyridine rings is 1. The van der Waals surface area contributed by atoms with Crippen molar-refractivity contribution in [1.82, 2.24) is 15.0 Å². The van der Waals surface area contributed by atoms with Crippen LogP contribution in [0.5, 0.6) is 0 Å². The average Bonchev–Trinajstić information content (AvgIpc) is 2.44. The van der Waals surface area contributed by atoms with Crippen molar-refractivity contribution in [1.29, 1.82) is 0 Å². The van der Waals surface area contributed by atoms with E-state index in [1.54, 1.807) is 0 Å². The lowest BCUT2D eigenvalue weighted by molar-refractivity contribution is -0.385. The van der Waals surface area contributed by atoms with E-state index in [9.17, 15) is 10.1 Å². The van der Waals surface area contributed by atoms with Crippen LogP contribution in [0.3, 0.4) is 0 Å². The van der Waals surface area contributed by atoms with E-state index >= 15 is 0 Å². The van der Waals surface area contributed by atoms with E-state index in [4.69, 9.17) is 5.84 Å². The van der Waals surface area contributed by atoms with Gasteiger partial charge in [-0.2, -0.15) is 4.98 Å². The van der Waals surface area contributed by atoms with Gasteiger partial charge in [-0.15, -0.1) is 0 Å². The van der Waals surface area contributed by atoms with Crippen molar-refractivity contribution >= 4 is 17.5 Å². The fraction of sp³-hybridized carbons (Fsp3) is 0.250. The van der Waals surface area contributed by atoms with Gasteiger partial charge in [0, 0.05) is 5.69 Å². The highest BCUT2D eigenvalue weighted by atomic mass is 16.6. The van der Waals surface area contributed by atoms with Crippen LogP contribution in [0.4, 0.5) is 17.5 Å². The van der Waals surface area contributed by atoms with Crippen LogP contribution in [-0.4, -0.2) is 19.9 Å². The Morgan fingerprint density at radius 3 is 2.67 bits per heavy atom. The van der Waals surface area contributed by atoms with Gasteiger partial charge in [0.15, 0.2) is 0 Å². The van der Waals surface area contributed by atoms with Gasteiger partial charge >= 0.3 is 5.69 Å². The minimum Gasteiger partial charge on any atom is -0.359 e. The molecule has 0 spiro atoms. The molecule has 110 valence electrons. The van der Waals surface area contributed by atoms with Crippen LogP contribution in [0, 0.1) is 24.0 Å². The molecule has 0 unspecified atom stereocenters. The first-order chi connectivity index (χ1) is 10.0. The highest BCUT2D eigenvalue weighted by Crippen LogP contribution is 2.26. The molecule has 0 aliphatic carbocycles. The molecule has 0 saturated heterocycles. The minimum absolute atomic E-state index is 0.101. The van der Waals surface area contributed by atoms with Crippen LogP contribution in [0.15, 0.2) is 18.2 Å². The second kappa shape index (κ2) is 6.09. The quantitative estimate of drug-likeness (QED) is 0.426. The van der Waals surface area contributed by atoms with Gasteiger partial charge < -0.3 is 5.32 Å². The van der Waals surface area contributed by atoms with Gasteiger partial charge in [0.05, 0.1) is 17.2 Å². The molecular formula is C12H15N7O2. The predicted molar refractivity (Wildman–Crippen MR) is 77.5 cm³/mol. The number of nitrogens with zero attached hydrogens (tertiary/aromatic N) is 4. The Morgan fingerprint density at radius 1 is 1.29 bits per heavy atom. The minimum atomic E-state index is -0.526. The number of nitrogens with one attached hydrogen (secondary N) is 2. The summed E-state index contributed by atoms with van der Waals surface area (Å²) in [5, 5.41) is 14.0. The third kappa shape index (κ3) is 3.39. The van der Waals surface area contributed by atoms with E-state index < -0.39 is 4.92 Å². The zero-order valence-corrected chi connectivity index (χ0v) is 11.6. The first-order valence-electron chi connectivity index (χ1n) is 6.17. The van der Waals surface area contributed by atoms with Crippen LogP contribution in [0.25, 0.3) is 0 Å². The van der Waals surface area contributed by atoms with Gasteiger partial charge in [-0.3, -0.25) is 20.5 Å². The molecule has 2 aromatic heterocycles. The standard InChI is InChI=1S/C12H15N7O2/c1-7-4-3-5-9(15-7)6-14-11-10(19(20)21)8(2)16-12(17-11)18-13/h3-5H,6,13H2,1-2H3,(H2,14,16,17,18). The molecule has 0 bridgehead atoms. The van der Waals surface area contributed by atoms with Crippen LogP contribution >= 0.6 is 0 Å². The normalized spacial score (nSPS) is 10.2. The maximum Gasteiger partial charge on any atom is 0.332 e.